The summed E-state index contributed by atoms with van der Waals surface area (Å²) in [4.78, 5) is 11.1. The zero-order valence-corrected chi connectivity index (χ0v) is 8.83. The summed E-state index contributed by atoms with van der Waals surface area (Å²) in [6.07, 6.45) is 5.22. The van der Waals surface area contributed by atoms with Crippen molar-refractivity contribution in [3.63, 3.8) is 0 Å². The molecule has 0 unspecified atom stereocenters. The van der Waals surface area contributed by atoms with Gasteiger partial charge in [-0.2, -0.15) is 0 Å². The molecule has 0 aliphatic heterocycles. The van der Waals surface area contributed by atoms with Gasteiger partial charge in [-0.1, -0.05) is 0 Å². The smallest absolute Gasteiger partial charge is 0.314 e. The average Bonchev–Trinajstić information content (AvgIpc) is 2.01. The van der Waals surface area contributed by atoms with Gasteiger partial charge < -0.3 is 9.22 Å². The lowest BCUT2D eigenvalue weighted by molar-refractivity contribution is -0.885. The molecule has 0 aromatic carbocycles. The Morgan fingerprint density at radius 1 is 1.62 bits per heavy atom. The molecule has 0 saturated heterocycles. The highest BCUT2D eigenvalue weighted by molar-refractivity contribution is 5.71. The van der Waals surface area contributed by atoms with Crippen molar-refractivity contribution in [1.29, 1.82) is 0 Å². The van der Waals surface area contributed by atoms with Gasteiger partial charge in [0.2, 0.25) is 0 Å². The second kappa shape index (κ2) is 4.88. The summed E-state index contributed by atoms with van der Waals surface area (Å²) < 4.78 is 5.28. The lowest BCUT2D eigenvalue weighted by Crippen LogP contribution is -2.44. The largest absolute Gasteiger partial charge is 0.469 e. The van der Waals surface area contributed by atoms with Gasteiger partial charge in [-0.25, -0.2) is 0 Å². The summed E-state index contributed by atoms with van der Waals surface area (Å²) in [7, 11) is 5.40. The molecule has 1 atom stereocenters. The predicted octanol–water partition coefficient (Wildman–Crippen LogP) is 0.505. The van der Waals surface area contributed by atoms with Crippen LogP contribution in [0.1, 0.15) is 6.92 Å². The Morgan fingerprint density at radius 2 is 2.15 bits per heavy atom. The van der Waals surface area contributed by atoms with E-state index in [4.69, 9.17) is 6.42 Å². The van der Waals surface area contributed by atoms with Gasteiger partial charge in [0.1, 0.15) is 12.5 Å². The summed E-state index contributed by atoms with van der Waals surface area (Å²) in [5, 5.41) is 0. The van der Waals surface area contributed by atoms with Crippen LogP contribution in [0.4, 0.5) is 0 Å². The van der Waals surface area contributed by atoms with Crippen molar-refractivity contribution in [3.05, 3.63) is 0 Å². The fourth-order valence-electron chi connectivity index (χ4n) is 1.33. The van der Waals surface area contributed by atoms with Gasteiger partial charge in [0, 0.05) is 0 Å². The number of terminal acetylenes is 1. The summed E-state index contributed by atoms with van der Waals surface area (Å²) in [6.45, 7) is 3.18. The molecule has 0 aliphatic rings. The molecule has 74 valence electrons. The number of esters is 1. The van der Waals surface area contributed by atoms with Gasteiger partial charge >= 0.3 is 5.97 Å². The molecule has 0 spiro atoms. The van der Waals surface area contributed by atoms with E-state index in [1.165, 1.54) is 7.11 Å². The van der Waals surface area contributed by atoms with Crippen LogP contribution in [0.2, 0.25) is 0 Å². The lowest BCUT2D eigenvalue weighted by atomic mass is 10.1. The molecule has 0 heterocycles. The van der Waals surface area contributed by atoms with E-state index in [1.807, 2.05) is 21.0 Å². The molecule has 0 bridgehead atoms. The van der Waals surface area contributed by atoms with Gasteiger partial charge in [0.15, 0.2) is 0 Å². The number of rotatable bonds is 4. The third-order valence-electron chi connectivity index (χ3n) is 1.89. The topological polar surface area (TPSA) is 26.3 Å². The van der Waals surface area contributed by atoms with Gasteiger partial charge in [-0.15, -0.1) is 6.42 Å². The van der Waals surface area contributed by atoms with Crippen LogP contribution < -0.4 is 0 Å². The number of hydrogen-bond acceptors (Lipinski definition) is 2. The monoisotopic (exact) mass is 184 g/mol. The average molecular weight is 184 g/mol. The summed E-state index contributed by atoms with van der Waals surface area (Å²) in [5.74, 6) is 2.31. The first-order valence-electron chi connectivity index (χ1n) is 4.26. The van der Waals surface area contributed by atoms with E-state index in [0.717, 1.165) is 0 Å². The molecule has 0 saturated carbocycles. The van der Waals surface area contributed by atoms with E-state index < -0.39 is 0 Å². The number of hydrogen-bond donors (Lipinski definition) is 0. The Bertz CT molecular complexity index is 215. The van der Waals surface area contributed by atoms with Crippen LogP contribution in [0.15, 0.2) is 0 Å². The normalized spacial score (nSPS) is 13.2. The van der Waals surface area contributed by atoms with Crippen LogP contribution in [-0.2, 0) is 9.53 Å². The SMILES string of the molecule is C#CC[N+](C)(C)C[C@H](C)C(=O)OC. The van der Waals surface area contributed by atoms with Crippen molar-refractivity contribution in [1.82, 2.24) is 0 Å². The van der Waals surface area contributed by atoms with Gasteiger partial charge in [0.25, 0.3) is 0 Å². The fraction of sp³-hybridized carbons (Fsp3) is 0.700. The van der Waals surface area contributed by atoms with Crippen molar-refractivity contribution in [2.75, 3.05) is 34.3 Å². The summed E-state index contributed by atoms with van der Waals surface area (Å²) in [6, 6.07) is 0. The molecule has 0 amide bonds. The van der Waals surface area contributed by atoms with E-state index >= 15 is 0 Å². The first kappa shape index (κ1) is 12.0. The quantitative estimate of drug-likeness (QED) is 0.361. The summed E-state index contributed by atoms with van der Waals surface area (Å²) in [5.41, 5.74) is 0. The molecule has 0 fully saturated rings. The second-order valence-electron chi connectivity index (χ2n) is 3.90. The van der Waals surface area contributed by atoms with Crippen LogP contribution in [0, 0.1) is 18.3 Å². The van der Waals surface area contributed by atoms with E-state index in [2.05, 4.69) is 10.7 Å². The molecular formula is C10H18NO2+. The number of nitrogens with zero attached hydrogens (tertiary/aromatic N) is 1. The summed E-state index contributed by atoms with van der Waals surface area (Å²) >= 11 is 0. The van der Waals surface area contributed by atoms with Crippen LogP contribution in [0.25, 0.3) is 0 Å². The molecule has 0 aliphatic carbocycles. The number of carbonyl (C=O) groups excluding carboxylic acids is 1. The molecule has 3 nitrogen and oxygen atoms in total. The minimum atomic E-state index is -0.178. The molecule has 0 rings (SSSR count). The second-order valence-corrected chi connectivity index (χ2v) is 3.90. The number of quaternary nitrogens is 1. The van der Waals surface area contributed by atoms with Crippen LogP contribution in [0.3, 0.4) is 0 Å². The highest BCUT2D eigenvalue weighted by atomic mass is 16.5. The molecule has 0 N–H and O–H groups in total. The van der Waals surface area contributed by atoms with E-state index in [1.54, 1.807) is 0 Å². The standard InChI is InChI=1S/C10H18NO2/c1-6-7-11(3,4)8-9(2)10(12)13-5/h1,9H,7-8H2,2-5H3/q+1/t9-/m0/s1. The van der Waals surface area contributed by atoms with Crippen LogP contribution in [-0.4, -0.2) is 44.7 Å². The van der Waals surface area contributed by atoms with Crippen molar-refractivity contribution in [2.24, 2.45) is 5.92 Å². The van der Waals surface area contributed by atoms with Gasteiger partial charge in [-0.05, 0) is 12.8 Å². The molecule has 0 radical (unpaired) electrons. The molecule has 13 heavy (non-hydrogen) atoms. The van der Waals surface area contributed by atoms with Crippen LogP contribution >= 0.6 is 0 Å². The maximum atomic E-state index is 11.1. The highest BCUT2D eigenvalue weighted by Crippen LogP contribution is 2.06. The number of ether oxygens (including phenoxy) is 1. The van der Waals surface area contributed by atoms with E-state index in [9.17, 15) is 4.79 Å². The van der Waals surface area contributed by atoms with Crippen molar-refractivity contribution in [2.45, 2.75) is 6.92 Å². The van der Waals surface area contributed by atoms with Crippen molar-refractivity contribution >= 4 is 5.97 Å². The van der Waals surface area contributed by atoms with Gasteiger partial charge in [0.05, 0.1) is 27.7 Å². The molecule has 3 heteroatoms. The lowest BCUT2D eigenvalue weighted by Gasteiger charge is -2.29. The maximum Gasteiger partial charge on any atom is 0.314 e. The Balaban J connectivity index is 4.12. The zero-order chi connectivity index (χ0) is 10.5. The third-order valence-corrected chi connectivity index (χ3v) is 1.89. The van der Waals surface area contributed by atoms with E-state index in [-0.39, 0.29) is 11.9 Å². The zero-order valence-electron chi connectivity index (χ0n) is 8.83. The predicted molar refractivity (Wildman–Crippen MR) is 51.9 cm³/mol. The molecule has 0 aromatic heterocycles. The minimum absolute atomic E-state index is 0.103. The van der Waals surface area contributed by atoms with Crippen molar-refractivity contribution < 1.29 is 14.0 Å². The number of carbonyl (C=O) groups is 1. The fourth-order valence-corrected chi connectivity index (χ4v) is 1.33. The van der Waals surface area contributed by atoms with E-state index in [0.29, 0.717) is 17.6 Å². The minimum Gasteiger partial charge on any atom is -0.469 e. The third kappa shape index (κ3) is 4.54. The maximum absolute atomic E-state index is 11.1. The van der Waals surface area contributed by atoms with Gasteiger partial charge in [-0.3, -0.25) is 4.79 Å². The molecule has 0 aromatic rings. The molecular weight excluding hydrogens is 166 g/mol. The first-order chi connectivity index (χ1) is 5.93. The van der Waals surface area contributed by atoms with Crippen molar-refractivity contribution in [3.8, 4) is 12.3 Å². The Kier molecular flexibility index (Phi) is 4.50. The number of methoxy groups -OCH3 is 1. The highest BCUT2D eigenvalue weighted by Gasteiger charge is 2.23. The van der Waals surface area contributed by atoms with Crippen LogP contribution in [0.5, 0.6) is 0 Å². The Labute approximate surface area is 80.3 Å². The Hall–Kier alpha value is -1.01. The Morgan fingerprint density at radius 3 is 2.54 bits per heavy atom. The first-order valence-corrected chi connectivity index (χ1v) is 4.26.